The summed E-state index contributed by atoms with van der Waals surface area (Å²) in [7, 11) is 0. The molecule has 0 saturated carbocycles. The molecule has 0 bridgehead atoms. The van der Waals surface area contributed by atoms with Gasteiger partial charge >= 0.3 is 5.97 Å². The first-order valence-electron chi connectivity index (χ1n) is 8.09. The van der Waals surface area contributed by atoms with E-state index >= 15 is 0 Å². The fourth-order valence-electron chi connectivity index (χ4n) is 2.20. The Bertz CT molecular complexity index is 255. The van der Waals surface area contributed by atoms with Crippen LogP contribution < -0.4 is 5.32 Å². The number of hydrogen-bond acceptors (Lipinski definition) is 4. The van der Waals surface area contributed by atoms with Crippen molar-refractivity contribution in [3.63, 3.8) is 0 Å². The van der Waals surface area contributed by atoms with Gasteiger partial charge in [-0.05, 0) is 33.7 Å². The molecule has 0 aromatic carbocycles. The first kappa shape index (κ1) is 19.4. The van der Waals surface area contributed by atoms with Gasteiger partial charge < -0.3 is 10.1 Å². The minimum absolute atomic E-state index is 0.137. The van der Waals surface area contributed by atoms with E-state index in [0.717, 1.165) is 13.1 Å². The summed E-state index contributed by atoms with van der Waals surface area (Å²) in [6, 6.07) is 0.478. The molecule has 0 aliphatic carbocycles. The van der Waals surface area contributed by atoms with Crippen molar-refractivity contribution in [2.24, 2.45) is 0 Å². The van der Waals surface area contributed by atoms with E-state index in [1.165, 1.54) is 19.3 Å². The van der Waals surface area contributed by atoms with Crippen LogP contribution in [0.1, 0.15) is 60.8 Å². The van der Waals surface area contributed by atoms with Crippen LogP contribution in [0.5, 0.6) is 0 Å². The third-order valence-electron chi connectivity index (χ3n) is 3.30. The molecular weight excluding hydrogens is 252 g/mol. The van der Waals surface area contributed by atoms with E-state index in [4.69, 9.17) is 4.74 Å². The SMILES string of the molecule is CCCCCN(CC(NC(C)C)C(=O)OCC)C(C)C. The highest BCUT2D eigenvalue weighted by Gasteiger charge is 2.24. The largest absolute Gasteiger partial charge is 0.465 e. The monoisotopic (exact) mass is 286 g/mol. The number of esters is 1. The Morgan fingerprint density at radius 3 is 2.25 bits per heavy atom. The molecular formula is C16H34N2O2. The zero-order valence-corrected chi connectivity index (χ0v) is 14.2. The molecule has 1 N–H and O–H groups in total. The lowest BCUT2D eigenvalue weighted by Crippen LogP contribution is -2.51. The molecule has 0 aromatic rings. The maximum absolute atomic E-state index is 12.1. The van der Waals surface area contributed by atoms with Crippen molar-refractivity contribution in [2.75, 3.05) is 19.7 Å². The van der Waals surface area contributed by atoms with E-state index in [1.54, 1.807) is 0 Å². The Kier molecular flexibility index (Phi) is 10.8. The van der Waals surface area contributed by atoms with Gasteiger partial charge in [-0.15, -0.1) is 0 Å². The summed E-state index contributed by atoms with van der Waals surface area (Å²) in [4.78, 5) is 14.4. The van der Waals surface area contributed by atoms with Crippen LogP contribution in [0.15, 0.2) is 0 Å². The lowest BCUT2D eigenvalue weighted by molar-refractivity contribution is -0.146. The van der Waals surface area contributed by atoms with Crippen molar-refractivity contribution >= 4 is 5.97 Å². The molecule has 4 heteroatoms. The molecule has 120 valence electrons. The third kappa shape index (κ3) is 8.54. The van der Waals surface area contributed by atoms with E-state index in [2.05, 4.69) is 44.8 Å². The van der Waals surface area contributed by atoms with E-state index in [-0.39, 0.29) is 18.1 Å². The second kappa shape index (κ2) is 11.1. The molecule has 1 atom stereocenters. The Labute approximate surface area is 125 Å². The van der Waals surface area contributed by atoms with Crippen LogP contribution in [0, 0.1) is 0 Å². The fourth-order valence-corrected chi connectivity index (χ4v) is 2.20. The molecule has 0 amide bonds. The van der Waals surface area contributed by atoms with Gasteiger partial charge in [0.05, 0.1) is 6.61 Å². The highest BCUT2D eigenvalue weighted by Crippen LogP contribution is 2.06. The summed E-state index contributed by atoms with van der Waals surface area (Å²) < 4.78 is 5.18. The normalized spacial score (nSPS) is 13.2. The number of hydrogen-bond donors (Lipinski definition) is 1. The quantitative estimate of drug-likeness (QED) is 0.468. The Balaban J connectivity index is 4.57. The number of rotatable bonds is 11. The van der Waals surface area contributed by atoms with Crippen molar-refractivity contribution in [1.82, 2.24) is 10.2 Å². The van der Waals surface area contributed by atoms with Crippen LogP contribution in [0.3, 0.4) is 0 Å². The van der Waals surface area contributed by atoms with Gasteiger partial charge in [0.2, 0.25) is 0 Å². The van der Waals surface area contributed by atoms with Crippen molar-refractivity contribution in [2.45, 2.75) is 78.9 Å². The standard InChI is InChI=1S/C16H34N2O2/c1-7-9-10-11-18(14(5)6)12-15(17-13(3)4)16(19)20-8-2/h13-15,17H,7-12H2,1-6H3. The lowest BCUT2D eigenvalue weighted by atomic mass is 10.1. The average molecular weight is 286 g/mol. The van der Waals surface area contributed by atoms with Gasteiger partial charge in [0.1, 0.15) is 6.04 Å². The maximum atomic E-state index is 12.1. The van der Waals surface area contributed by atoms with E-state index in [1.807, 2.05) is 6.92 Å². The molecule has 0 spiro atoms. The number of nitrogens with zero attached hydrogens (tertiary/aromatic N) is 1. The predicted molar refractivity (Wildman–Crippen MR) is 84.9 cm³/mol. The number of carbonyl (C=O) groups is 1. The highest BCUT2D eigenvalue weighted by atomic mass is 16.5. The fraction of sp³-hybridized carbons (Fsp3) is 0.938. The smallest absolute Gasteiger partial charge is 0.324 e. The molecule has 20 heavy (non-hydrogen) atoms. The van der Waals surface area contributed by atoms with E-state index < -0.39 is 0 Å². The number of unbranched alkanes of at least 4 members (excludes halogenated alkanes) is 2. The zero-order chi connectivity index (χ0) is 15.5. The summed E-state index contributed by atoms with van der Waals surface area (Å²) in [5.41, 5.74) is 0. The number of carbonyl (C=O) groups excluding carboxylic acids is 1. The van der Waals surface area contributed by atoms with Gasteiger partial charge in [0.15, 0.2) is 0 Å². The van der Waals surface area contributed by atoms with Crippen molar-refractivity contribution in [1.29, 1.82) is 0 Å². The minimum atomic E-state index is -0.237. The van der Waals surface area contributed by atoms with Crippen LogP contribution in [-0.2, 0) is 9.53 Å². The number of ether oxygens (including phenoxy) is 1. The summed E-state index contributed by atoms with van der Waals surface area (Å²) >= 11 is 0. The number of nitrogens with one attached hydrogen (secondary N) is 1. The molecule has 0 aromatic heterocycles. The molecule has 0 fully saturated rings. The molecule has 0 aliphatic rings. The molecule has 4 nitrogen and oxygen atoms in total. The topological polar surface area (TPSA) is 41.6 Å². The van der Waals surface area contributed by atoms with Crippen molar-refractivity contribution < 1.29 is 9.53 Å². The molecule has 0 rings (SSSR count). The van der Waals surface area contributed by atoms with Crippen molar-refractivity contribution in [3.05, 3.63) is 0 Å². The van der Waals surface area contributed by atoms with Gasteiger partial charge in [0.25, 0.3) is 0 Å². The lowest BCUT2D eigenvalue weighted by Gasteiger charge is -2.31. The first-order valence-corrected chi connectivity index (χ1v) is 8.09. The Hall–Kier alpha value is -0.610. The van der Waals surface area contributed by atoms with E-state index in [0.29, 0.717) is 12.6 Å². The van der Waals surface area contributed by atoms with Gasteiger partial charge in [-0.3, -0.25) is 9.69 Å². The maximum Gasteiger partial charge on any atom is 0.324 e. The highest BCUT2D eigenvalue weighted by molar-refractivity contribution is 5.76. The Morgan fingerprint density at radius 2 is 1.80 bits per heavy atom. The van der Waals surface area contributed by atoms with Crippen LogP contribution >= 0.6 is 0 Å². The van der Waals surface area contributed by atoms with Crippen LogP contribution in [-0.4, -0.2) is 48.7 Å². The zero-order valence-electron chi connectivity index (χ0n) is 14.2. The summed E-state index contributed by atoms with van der Waals surface area (Å²) in [5.74, 6) is -0.137. The summed E-state index contributed by atoms with van der Waals surface area (Å²) in [5, 5.41) is 3.32. The molecule has 0 radical (unpaired) electrons. The van der Waals surface area contributed by atoms with E-state index in [9.17, 15) is 4.79 Å². The van der Waals surface area contributed by atoms with Gasteiger partial charge in [0, 0.05) is 18.6 Å². The van der Waals surface area contributed by atoms with Crippen LogP contribution in [0.4, 0.5) is 0 Å². The average Bonchev–Trinajstić information content (AvgIpc) is 2.36. The molecule has 0 saturated heterocycles. The molecule has 1 unspecified atom stereocenters. The second-order valence-electron chi connectivity index (χ2n) is 5.92. The minimum Gasteiger partial charge on any atom is -0.465 e. The van der Waals surface area contributed by atoms with Gasteiger partial charge in [-0.2, -0.15) is 0 Å². The molecule has 0 aliphatic heterocycles. The second-order valence-corrected chi connectivity index (χ2v) is 5.92. The van der Waals surface area contributed by atoms with Crippen LogP contribution in [0.2, 0.25) is 0 Å². The van der Waals surface area contributed by atoms with Gasteiger partial charge in [-0.25, -0.2) is 0 Å². The third-order valence-corrected chi connectivity index (χ3v) is 3.30. The van der Waals surface area contributed by atoms with Crippen LogP contribution in [0.25, 0.3) is 0 Å². The Morgan fingerprint density at radius 1 is 1.15 bits per heavy atom. The van der Waals surface area contributed by atoms with Gasteiger partial charge in [-0.1, -0.05) is 33.6 Å². The van der Waals surface area contributed by atoms with Crippen molar-refractivity contribution in [3.8, 4) is 0 Å². The molecule has 0 heterocycles. The predicted octanol–water partition coefficient (Wildman–Crippen LogP) is 2.82. The summed E-state index contributed by atoms with van der Waals surface area (Å²) in [6.07, 6.45) is 3.65. The summed E-state index contributed by atoms with van der Waals surface area (Å²) in [6.45, 7) is 14.7. The first-order chi connectivity index (χ1) is 9.42.